The Hall–Kier alpha value is -1.46. The van der Waals surface area contributed by atoms with E-state index >= 15 is 0 Å². The molecule has 1 aliphatic heterocycles. The van der Waals surface area contributed by atoms with Crippen molar-refractivity contribution < 1.29 is 4.79 Å². The molecule has 1 saturated heterocycles. The monoisotopic (exact) mass is 233 g/mol. The van der Waals surface area contributed by atoms with Gasteiger partial charge in [-0.25, -0.2) is 4.98 Å². The number of carbonyl (C=O) groups is 1. The summed E-state index contributed by atoms with van der Waals surface area (Å²) in [5.41, 5.74) is 0.939. The SMILES string of the molecule is O=C(Nc1nc2ccccc2s1)C1CNC1. The molecule has 0 atom stereocenters. The van der Waals surface area contributed by atoms with Crippen LogP contribution in [0.2, 0.25) is 0 Å². The van der Waals surface area contributed by atoms with E-state index in [1.165, 1.54) is 11.3 Å². The Morgan fingerprint density at radius 1 is 1.44 bits per heavy atom. The van der Waals surface area contributed by atoms with Gasteiger partial charge in [-0.1, -0.05) is 23.5 Å². The van der Waals surface area contributed by atoms with Crippen LogP contribution < -0.4 is 10.6 Å². The van der Waals surface area contributed by atoms with Gasteiger partial charge in [-0.05, 0) is 12.1 Å². The summed E-state index contributed by atoms with van der Waals surface area (Å²) >= 11 is 1.51. The van der Waals surface area contributed by atoms with Gasteiger partial charge in [0.2, 0.25) is 5.91 Å². The maximum Gasteiger partial charge on any atom is 0.231 e. The van der Waals surface area contributed by atoms with Gasteiger partial charge in [-0.2, -0.15) is 0 Å². The molecule has 0 radical (unpaired) electrons. The van der Waals surface area contributed by atoms with Gasteiger partial charge in [0.25, 0.3) is 0 Å². The van der Waals surface area contributed by atoms with E-state index in [4.69, 9.17) is 0 Å². The third-order valence-electron chi connectivity index (χ3n) is 2.68. The largest absolute Gasteiger partial charge is 0.315 e. The molecule has 1 aromatic heterocycles. The third-order valence-corrected chi connectivity index (χ3v) is 3.63. The van der Waals surface area contributed by atoms with Crippen LogP contribution in [0, 0.1) is 5.92 Å². The van der Waals surface area contributed by atoms with Crippen LogP contribution in [0.4, 0.5) is 5.13 Å². The van der Waals surface area contributed by atoms with Crippen LogP contribution in [0.25, 0.3) is 10.2 Å². The Morgan fingerprint density at radius 3 is 2.94 bits per heavy atom. The van der Waals surface area contributed by atoms with Crippen LogP contribution in [-0.4, -0.2) is 24.0 Å². The van der Waals surface area contributed by atoms with Gasteiger partial charge >= 0.3 is 0 Å². The molecule has 2 heterocycles. The lowest BCUT2D eigenvalue weighted by Crippen LogP contribution is -2.48. The van der Waals surface area contributed by atoms with E-state index in [1.807, 2.05) is 24.3 Å². The Balaban J connectivity index is 1.80. The highest BCUT2D eigenvalue weighted by Gasteiger charge is 2.25. The van der Waals surface area contributed by atoms with Crippen molar-refractivity contribution in [3.8, 4) is 0 Å². The summed E-state index contributed by atoms with van der Waals surface area (Å²) in [6.07, 6.45) is 0. The second-order valence-electron chi connectivity index (χ2n) is 3.83. The van der Waals surface area contributed by atoms with E-state index in [0.717, 1.165) is 23.3 Å². The molecule has 0 spiro atoms. The number of fused-ring (bicyclic) bond motifs is 1. The van der Waals surface area contributed by atoms with Crippen LogP contribution in [-0.2, 0) is 4.79 Å². The first kappa shape index (κ1) is 9.74. The molecule has 1 aliphatic rings. The molecule has 16 heavy (non-hydrogen) atoms. The first-order valence-electron chi connectivity index (χ1n) is 5.20. The molecule has 4 nitrogen and oxygen atoms in total. The zero-order valence-electron chi connectivity index (χ0n) is 8.56. The molecule has 2 aromatic rings. The Morgan fingerprint density at radius 2 is 2.25 bits per heavy atom. The number of anilines is 1. The maximum atomic E-state index is 11.7. The van der Waals surface area contributed by atoms with Crippen molar-refractivity contribution in [2.45, 2.75) is 0 Å². The fraction of sp³-hybridized carbons (Fsp3) is 0.273. The van der Waals surface area contributed by atoms with Gasteiger partial charge in [0.1, 0.15) is 0 Å². The number of nitrogens with zero attached hydrogens (tertiary/aromatic N) is 1. The average molecular weight is 233 g/mol. The van der Waals surface area contributed by atoms with Gasteiger partial charge in [0, 0.05) is 13.1 Å². The normalized spacial score (nSPS) is 16.0. The van der Waals surface area contributed by atoms with Crippen molar-refractivity contribution in [2.75, 3.05) is 18.4 Å². The summed E-state index contributed by atoms with van der Waals surface area (Å²) in [4.78, 5) is 16.0. The molecule has 0 aliphatic carbocycles. The zero-order chi connectivity index (χ0) is 11.0. The number of rotatable bonds is 2. The summed E-state index contributed by atoms with van der Waals surface area (Å²) in [5, 5.41) is 6.63. The molecule has 3 rings (SSSR count). The second-order valence-corrected chi connectivity index (χ2v) is 4.86. The van der Waals surface area contributed by atoms with Crippen LogP contribution in [0.15, 0.2) is 24.3 Å². The molecule has 0 unspecified atom stereocenters. The van der Waals surface area contributed by atoms with E-state index in [-0.39, 0.29) is 11.8 Å². The standard InChI is InChI=1S/C11H11N3OS/c15-10(7-5-12-6-7)14-11-13-8-3-1-2-4-9(8)16-11/h1-4,7,12H,5-6H2,(H,13,14,15). The lowest BCUT2D eigenvalue weighted by atomic mass is 10.0. The number of aromatic nitrogens is 1. The zero-order valence-corrected chi connectivity index (χ0v) is 9.38. The van der Waals surface area contributed by atoms with Crippen molar-refractivity contribution >= 4 is 32.6 Å². The molecular weight excluding hydrogens is 222 g/mol. The minimum atomic E-state index is 0.0674. The van der Waals surface area contributed by atoms with Crippen LogP contribution in [0.1, 0.15) is 0 Å². The summed E-state index contributed by atoms with van der Waals surface area (Å²) < 4.78 is 1.10. The highest BCUT2D eigenvalue weighted by Crippen LogP contribution is 2.25. The summed E-state index contributed by atoms with van der Waals surface area (Å²) in [6, 6.07) is 7.88. The molecule has 1 fully saturated rings. The van der Waals surface area contributed by atoms with E-state index < -0.39 is 0 Å². The Labute approximate surface area is 96.7 Å². The molecule has 2 N–H and O–H groups in total. The quantitative estimate of drug-likeness (QED) is 0.825. The number of amides is 1. The van der Waals surface area contributed by atoms with Crippen LogP contribution in [0.5, 0.6) is 0 Å². The number of nitrogens with one attached hydrogen (secondary N) is 2. The predicted octanol–water partition coefficient (Wildman–Crippen LogP) is 1.45. The third kappa shape index (κ3) is 1.68. The van der Waals surface area contributed by atoms with Gasteiger partial charge in [-0.15, -0.1) is 0 Å². The molecule has 0 bridgehead atoms. The van der Waals surface area contributed by atoms with Crippen LogP contribution >= 0.6 is 11.3 Å². The number of hydrogen-bond acceptors (Lipinski definition) is 4. The summed E-state index contributed by atoms with van der Waals surface area (Å²) in [7, 11) is 0. The predicted molar refractivity (Wildman–Crippen MR) is 64.6 cm³/mol. The Kier molecular flexibility index (Phi) is 2.34. The minimum absolute atomic E-state index is 0.0674. The highest BCUT2D eigenvalue weighted by atomic mass is 32.1. The van der Waals surface area contributed by atoms with E-state index in [9.17, 15) is 4.79 Å². The number of para-hydroxylation sites is 1. The Bertz CT molecular complexity index is 500. The van der Waals surface area contributed by atoms with Crippen LogP contribution in [0.3, 0.4) is 0 Å². The fourth-order valence-corrected chi connectivity index (χ4v) is 2.48. The number of carbonyl (C=O) groups excluding carboxylic acids is 1. The number of thiazole rings is 1. The molecule has 0 saturated carbocycles. The molecule has 1 aromatic carbocycles. The number of hydrogen-bond donors (Lipinski definition) is 2. The summed E-state index contributed by atoms with van der Waals surface area (Å²) in [5.74, 6) is 0.171. The first-order chi connectivity index (χ1) is 7.83. The smallest absolute Gasteiger partial charge is 0.231 e. The van der Waals surface area contributed by atoms with E-state index in [0.29, 0.717) is 5.13 Å². The average Bonchev–Trinajstić information content (AvgIpc) is 2.56. The van der Waals surface area contributed by atoms with Gasteiger partial charge in [-0.3, -0.25) is 4.79 Å². The van der Waals surface area contributed by atoms with Gasteiger partial charge in [0.15, 0.2) is 5.13 Å². The van der Waals surface area contributed by atoms with Crippen molar-refractivity contribution in [1.29, 1.82) is 0 Å². The highest BCUT2D eigenvalue weighted by molar-refractivity contribution is 7.22. The van der Waals surface area contributed by atoms with Crippen molar-refractivity contribution in [2.24, 2.45) is 5.92 Å². The van der Waals surface area contributed by atoms with Crippen molar-refractivity contribution in [3.05, 3.63) is 24.3 Å². The molecule has 1 amide bonds. The minimum Gasteiger partial charge on any atom is -0.315 e. The number of benzene rings is 1. The second kappa shape index (κ2) is 3.84. The van der Waals surface area contributed by atoms with Gasteiger partial charge in [0.05, 0.1) is 16.1 Å². The molecule has 82 valence electrons. The lowest BCUT2D eigenvalue weighted by Gasteiger charge is -2.25. The van der Waals surface area contributed by atoms with E-state index in [2.05, 4.69) is 15.6 Å². The van der Waals surface area contributed by atoms with E-state index in [1.54, 1.807) is 0 Å². The fourth-order valence-electron chi connectivity index (χ4n) is 1.61. The topological polar surface area (TPSA) is 54.0 Å². The maximum absolute atomic E-state index is 11.7. The van der Waals surface area contributed by atoms with Gasteiger partial charge < -0.3 is 10.6 Å². The van der Waals surface area contributed by atoms with Crippen molar-refractivity contribution in [3.63, 3.8) is 0 Å². The molecule has 5 heteroatoms. The lowest BCUT2D eigenvalue weighted by molar-refractivity contribution is -0.121. The summed E-state index contributed by atoms with van der Waals surface area (Å²) in [6.45, 7) is 1.55. The van der Waals surface area contributed by atoms with Crippen molar-refractivity contribution in [1.82, 2.24) is 10.3 Å². The first-order valence-corrected chi connectivity index (χ1v) is 6.02. The molecular formula is C11H11N3OS.